The molecule has 0 heterocycles. The minimum Gasteiger partial charge on any atom is -0.259 e. The first-order chi connectivity index (χ1) is 11.5. The smallest absolute Gasteiger partial charge is 0.0415 e. The number of rotatable bonds is 3. The first-order valence-corrected chi connectivity index (χ1v) is 11.6. The van der Waals surface area contributed by atoms with Crippen LogP contribution in [0.4, 0.5) is 0 Å². The van der Waals surface area contributed by atoms with Crippen LogP contribution in [0.1, 0.15) is 71.6 Å². The van der Waals surface area contributed by atoms with E-state index in [4.69, 9.17) is 0 Å². The van der Waals surface area contributed by atoms with Gasteiger partial charge in [0.15, 0.2) is 0 Å². The molecule has 0 radical (unpaired) electrons. The van der Waals surface area contributed by atoms with Crippen LogP contribution < -0.4 is 0 Å². The molecule has 0 spiro atoms. The standard InChI is InChI=1S/C22H34OS/c1-4-15-24(23)20-11-10-18-17-9-8-16-7-5-6-13-21(16,2)19(17)12-14-22(18,20)3/h4,8,17-20H,1,5-7,9-15H2,2-3H3/t17-,18-,19-,20-,21-,22-,24?/m0/s1. The molecule has 0 N–H and O–H groups in total. The Hall–Kier alpha value is -0.370. The lowest BCUT2D eigenvalue weighted by Gasteiger charge is -2.57. The predicted molar refractivity (Wildman–Crippen MR) is 103 cm³/mol. The molecule has 0 aliphatic heterocycles. The first kappa shape index (κ1) is 17.1. The van der Waals surface area contributed by atoms with Crippen molar-refractivity contribution in [3.8, 4) is 0 Å². The zero-order valence-electron chi connectivity index (χ0n) is 15.6. The maximum Gasteiger partial charge on any atom is 0.0415 e. The molecule has 1 nitrogen and oxygen atoms in total. The van der Waals surface area contributed by atoms with Crippen molar-refractivity contribution < 1.29 is 4.21 Å². The Morgan fingerprint density at radius 1 is 1.21 bits per heavy atom. The molecule has 0 bridgehead atoms. The molecule has 0 aromatic heterocycles. The van der Waals surface area contributed by atoms with Crippen molar-refractivity contribution >= 4 is 10.8 Å². The van der Waals surface area contributed by atoms with E-state index >= 15 is 0 Å². The Bertz CT molecular complexity index is 579. The van der Waals surface area contributed by atoms with E-state index in [1.807, 2.05) is 6.08 Å². The number of hydrogen-bond donors (Lipinski definition) is 0. The van der Waals surface area contributed by atoms with Crippen LogP contribution >= 0.6 is 0 Å². The number of fused-ring (bicyclic) bond motifs is 5. The van der Waals surface area contributed by atoms with Gasteiger partial charge in [-0.25, -0.2) is 0 Å². The van der Waals surface area contributed by atoms with Crippen LogP contribution in [0.5, 0.6) is 0 Å². The summed E-state index contributed by atoms with van der Waals surface area (Å²) in [6, 6.07) is 0. The van der Waals surface area contributed by atoms with Gasteiger partial charge in [-0.05, 0) is 80.0 Å². The van der Waals surface area contributed by atoms with Crippen molar-refractivity contribution in [3.63, 3.8) is 0 Å². The van der Waals surface area contributed by atoms with Gasteiger partial charge in [0.05, 0.1) is 0 Å². The zero-order chi connectivity index (χ0) is 16.9. The average Bonchev–Trinajstić information content (AvgIpc) is 2.92. The highest BCUT2D eigenvalue weighted by Gasteiger charge is 2.59. The Labute approximate surface area is 150 Å². The quantitative estimate of drug-likeness (QED) is 0.604. The topological polar surface area (TPSA) is 17.1 Å². The highest BCUT2D eigenvalue weighted by Crippen LogP contribution is 2.65. The fourth-order valence-corrected chi connectivity index (χ4v) is 9.07. The molecule has 4 rings (SSSR count). The number of hydrogen-bond acceptors (Lipinski definition) is 1. The summed E-state index contributed by atoms with van der Waals surface area (Å²) in [5.41, 5.74) is 2.59. The van der Waals surface area contributed by atoms with E-state index < -0.39 is 10.8 Å². The van der Waals surface area contributed by atoms with E-state index in [1.165, 1.54) is 57.8 Å². The molecule has 134 valence electrons. The van der Waals surface area contributed by atoms with E-state index in [-0.39, 0.29) is 0 Å². The van der Waals surface area contributed by atoms with Gasteiger partial charge in [0, 0.05) is 21.8 Å². The maximum absolute atomic E-state index is 12.8. The summed E-state index contributed by atoms with van der Waals surface area (Å²) < 4.78 is 12.8. The molecule has 3 fully saturated rings. The van der Waals surface area contributed by atoms with Gasteiger partial charge in [0.2, 0.25) is 0 Å². The molecule has 0 saturated heterocycles. The lowest BCUT2D eigenvalue weighted by Crippen LogP contribution is -2.50. The van der Waals surface area contributed by atoms with E-state index in [0.29, 0.717) is 21.8 Å². The Kier molecular flexibility index (Phi) is 4.34. The fourth-order valence-electron chi connectivity index (χ4n) is 7.31. The summed E-state index contributed by atoms with van der Waals surface area (Å²) in [6.45, 7) is 8.88. The van der Waals surface area contributed by atoms with Gasteiger partial charge in [0.1, 0.15) is 0 Å². The average molecular weight is 347 g/mol. The lowest BCUT2D eigenvalue weighted by molar-refractivity contribution is -0.0234. The Morgan fingerprint density at radius 2 is 2.04 bits per heavy atom. The lowest BCUT2D eigenvalue weighted by atomic mass is 9.48. The van der Waals surface area contributed by atoms with Crippen molar-refractivity contribution in [2.75, 3.05) is 5.75 Å². The highest BCUT2D eigenvalue weighted by molar-refractivity contribution is 7.85. The van der Waals surface area contributed by atoms with Crippen LogP contribution in [-0.2, 0) is 10.8 Å². The van der Waals surface area contributed by atoms with Crippen LogP contribution in [0, 0.1) is 28.6 Å². The second-order valence-electron chi connectivity index (χ2n) is 9.41. The van der Waals surface area contributed by atoms with E-state index in [2.05, 4.69) is 26.5 Å². The molecule has 0 aromatic rings. The van der Waals surface area contributed by atoms with E-state index in [1.54, 1.807) is 5.57 Å². The second kappa shape index (κ2) is 6.11. The number of allylic oxidation sites excluding steroid dienone is 2. The molecule has 0 amide bonds. The molecule has 4 aliphatic rings. The third-order valence-corrected chi connectivity index (χ3v) is 10.5. The Balaban J connectivity index is 1.63. The molecule has 0 aromatic carbocycles. The normalized spacial score (nSPS) is 48.7. The fraction of sp³-hybridized carbons (Fsp3) is 0.818. The van der Waals surface area contributed by atoms with Crippen LogP contribution in [0.15, 0.2) is 24.3 Å². The van der Waals surface area contributed by atoms with Gasteiger partial charge in [0.25, 0.3) is 0 Å². The van der Waals surface area contributed by atoms with Gasteiger partial charge >= 0.3 is 0 Å². The minimum atomic E-state index is -0.717. The molecular formula is C22H34OS. The second-order valence-corrected chi connectivity index (χ2v) is 11.1. The van der Waals surface area contributed by atoms with Crippen molar-refractivity contribution in [2.45, 2.75) is 76.9 Å². The first-order valence-electron chi connectivity index (χ1n) is 10.2. The molecule has 2 heteroatoms. The van der Waals surface area contributed by atoms with E-state index in [9.17, 15) is 4.21 Å². The largest absolute Gasteiger partial charge is 0.259 e. The van der Waals surface area contributed by atoms with Gasteiger partial charge in [-0.3, -0.25) is 4.21 Å². The van der Waals surface area contributed by atoms with Crippen LogP contribution in [0.2, 0.25) is 0 Å². The molecular weight excluding hydrogens is 312 g/mol. The summed E-state index contributed by atoms with van der Waals surface area (Å²) >= 11 is 0. The van der Waals surface area contributed by atoms with Gasteiger partial charge < -0.3 is 0 Å². The van der Waals surface area contributed by atoms with E-state index in [0.717, 1.165) is 17.8 Å². The SMILES string of the molecule is C=CCS(=O)[C@H]1CC[C@H]2[C@@H]3CC=C4CCCC[C@]4(C)[C@H]3CC[C@]12C. The molecule has 24 heavy (non-hydrogen) atoms. The zero-order valence-corrected chi connectivity index (χ0v) is 16.4. The van der Waals surface area contributed by atoms with Crippen molar-refractivity contribution in [1.82, 2.24) is 0 Å². The van der Waals surface area contributed by atoms with Gasteiger partial charge in [-0.1, -0.05) is 38.0 Å². The predicted octanol–water partition coefficient (Wildman–Crippen LogP) is 5.64. The molecule has 7 atom stereocenters. The summed E-state index contributed by atoms with van der Waals surface area (Å²) in [7, 11) is -0.717. The molecule has 4 aliphatic carbocycles. The summed E-state index contributed by atoms with van der Waals surface area (Å²) in [5, 5.41) is 0.408. The molecule has 3 saturated carbocycles. The monoisotopic (exact) mass is 346 g/mol. The highest BCUT2D eigenvalue weighted by atomic mass is 32.2. The van der Waals surface area contributed by atoms with Crippen molar-refractivity contribution in [2.24, 2.45) is 28.6 Å². The third kappa shape index (κ3) is 2.35. The summed E-state index contributed by atoms with van der Waals surface area (Å²) in [5.74, 6) is 3.22. The summed E-state index contributed by atoms with van der Waals surface area (Å²) in [4.78, 5) is 0. The van der Waals surface area contributed by atoms with Crippen molar-refractivity contribution in [1.29, 1.82) is 0 Å². The molecule has 1 unspecified atom stereocenters. The van der Waals surface area contributed by atoms with Gasteiger partial charge in [-0.15, -0.1) is 6.58 Å². The maximum atomic E-state index is 12.8. The third-order valence-electron chi connectivity index (χ3n) is 8.53. The van der Waals surface area contributed by atoms with Crippen LogP contribution in [-0.4, -0.2) is 15.2 Å². The minimum absolute atomic E-state index is 0.311. The Morgan fingerprint density at radius 3 is 2.83 bits per heavy atom. The van der Waals surface area contributed by atoms with Crippen LogP contribution in [0.25, 0.3) is 0 Å². The van der Waals surface area contributed by atoms with Crippen molar-refractivity contribution in [3.05, 3.63) is 24.3 Å². The summed E-state index contributed by atoms with van der Waals surface area (Å²) in [6.07, 6.45) is 16.6. The van der Waals surface area contributed by atoms with Crippen LogP contribution in [0.3, 0.4) is 0 Å². The van der Waals surface area contributed by atoms with Gasteiger partial charge in [-0.2, -0.15) is 0 Å².